The van der Waals surface area contributed by atoms with E-state index in [9.17, 15) is 14.3 Å². The van der Waals surface area contributed by atoms with Crippen LogP contribution in [-0.4, -0.2) is 59.0 Å². The molecule has 0 saturated carbocycles. The fourth-order valence-electron chi connectivity index (χ4n) is 6.11. The van der Waals surface area contributed by atoms with E-state index < -0.39 is 17.0 Å². The number of aromatic nitrogens is 6. The molecular weight excluding hydrogens is 535 g/mol. The van der Waals surface area contributed by atoms with E-state index in [0.717, 1.165) is 37.0 Å². The lowest BCUT2D eigenvalue weighted by Crippen LogP contribution is -2.31. The van der Waals surface area contributed by atoms with Crippen molar-refractivity contribution in [2.24, 2.45) is 0 Å². The summed E-state index contributed by atoms with van der Waals surface area (Å²) in [7, 11) is 2.17. The van der Waals surface area contributed by atoms with Gasteiger partial charge in [0.15, 0.2) is 11.5 Å². The third-order valence-corrected chi connectivity index (χ3v) is 8.53. The second kappa shape index (κ2) is 10.2. The Hall–Kier alpha value is -4.35. The summed E-state index contributed by atoms with van der Waals surface area (Å²) >= 11 is 0. The molecule has 0 amide bonds. The molecule has 0 unspecified atom stereocenters. The van der Waals surface area contributed by atoms with Crippen molar-refractivity contribution in [1.29, 1.82) is 0 Å². The van der Waals surface area contributed by atoms with E-state index >= 15 is 0 Å². The van der Waals surface area contributed by atoms with Crippen molar-refractivity contribution in [2.45, 2.75) is 50.8 Å². The van der Waals surface area contributed by atoms with Crippen molar-refractivity contribution in [2.75, 3.05) is 25.5 Å². The van der Waals surface area contributed by atoms with E-state index in [4.69, 9.17) is 4.98 Å². The first kappa shape index (κ1) is 26.5. The molecular formula is C31H33FN8O2. The topological polar surface area (TPSA) is 106 Å². The molecule has 5 aromatic rings. The summed E-state index contributed by atoms with van der Waals surface area (Å²) in [5, 5.41) is 15.7. The second-order valence-corrected chi connectivity index (χ2v) is 11.6. The molecule has 1 fully saturated rings. The molecule has 2 N–H and O–H groups in total. The fourth-order valence-corrected chi connectivity index (χ4v) is 6.11. The highest BCUT2D eigenvalue weighted by Crippen LogP contribution is 2.30. The summed E-state index contributed by atoms with van der Waals surface area (Å²) in [5.74, 6) is 0.181. The van der Waals surface area contributed by atoms with Crippen molar-refractivity contribution >= 4 is 33.6 Å². The normalized spacial score (nSPS) is 21.6. The number of hydrogen-bond donors (Lipinski definition) is 2. The van der Waals surface area contributed by atoms with E-state index in [1.165, 1.54) is 27.2 Å². The van der Waals surface area contributed by atoms with Crippen LogP contribution in [0.4, 0.5) is 16.0 Å². The minimum atomic E-state index is -1.27. The lowest BCUT2D eigenvalue weighted by molar-refractivity contribution is 0.0442. The molecule has 7 rings (SSSR count). The van der Waals surface area contributed by atoms with Gasteiger partial charge in [0.2, 0.25) is 5.95 Å². The quantitative estimate of drug-likeness (QED) is 0.322. The van der Waals surface area contributed by atoms with Gasteiger partial charge in [-0.05, 0) is 89.1 Å². The molecule has 1 atom stereocenters. The van der Waals surface area contributed by atoms with Crippen LogP contribution in [-0.2, 0) is 12.1 Å². The molecule has 1 saturated heterocycles. The standard InChI is InChI=1S/C31H33FN8O2/c1-31(42)13-4-5-21(32)19-39-29(41)24-18-33-30(36-28(24)40(39)27-7-3-6-26(31)35-27)34-22-8-9-25-20(17-22)10-16-38(25)23-11-14-37(2)15-12-23/h3,5-10,16-18,23,42H,4,11-15,19H2,1-2H3,(H,33,34,36)/b21-5+/t31-/m1/s1. The molecule has 0 radical (unpaired) electrons. The highest BCUT2D eigenvalue weighted by atomic mass is 19.1. The molecule has 1 aromatic carbocycles. The van der Waals surface area contributed by atoms with Crippen LogP contribution in [0.25, 0.3) is 27.8 Å². The number of benzene rings is 1. The van der Waals surface area contributed by atoms with Gasteiger partial charge in [-0.1, -0.05) is 12.1 Å². The molecule has 11 heteroatoms. The monoisotopic (exact) mass is 568 g/mol. The summed E-state index contributed by atoms with van der Waals surface area (Å²) in [5.41, 5.74) is 1.04. The van der Waals surface area contributed by atoms with Gasteiger partial charge >= 0.3 is 0 Å². The minimum absolute atomic E-state index is 0.245. The van der Waals surface area contributed by atoms with Gasteiger partial charge in [0, 0.05) is 35.0 Å². The number of nitrogens with one attached hydrogen (secondary N) is 1. The van der Waals surface area contributed by atoms with Crippen molar-refractivity contribution in [3.63, 3.8) is 0 Å². The minimum Gasteiger partial charge on any atom is -0.384 e. The summed E-state index contributed by atoms with van der Waals surface area (Å²) in [6.07, 6.45) is 7.89. The lowest BCUT2D eigenvalue weighted by Gasteiger charge is -2.30. The van der Waals surface area contributed by atoms with Crippen LogP contribution in [0.15, 0.2) is 71.6 Å². The van der Waals surface area contributed by atoms with Crippen LogP contribution >= 0.6 is 0 Å². The third-order valence-electron chi connectivity index (χ3n) is 8.53. The third kappa shape index (κ3) is 4.68. The van der Waals surface area contributed by atoms with Crippen LogP contribution < -0.4 is 10.9 Å². The van der Waals surface area contributed by atoms with E-state index in [0.29, 0.717) is 42.0 Å². The van der Waals surface area contributed by atoms with Gasteiger partial charge in [0.1, 0.15) is 16.8 Å². The molecule has 2 bridgehead atoms. The average molecular weight is 569 g/mol. The number of anilines is 2. The number of piperidine rings is 1. The van der Waals surface area contributed by atoms with Crippen LogP contribution in [0.1, 0.15) is 44.3 Å². The van der Waals surface area contributed by atoms with Crippen molar-refractivity contribution in [3.8, 4) is 5.82 Å². The Kier molecular flexibility index (Phi) is 6.43. The summed E-state index contributed by atoms with van der Waals surface area (Å²) in [4.78, 5) is 29.6. The Morgan fingerprint density at radius 1 is 1.12 bits per heavy atom. The highest BCUT2D eigenvalue weighted by Gasteiger charge is 2.27. The van der Waals surface area contributed by atoms with Gasteiger partial charge in [-0.3, -0.25) is 4.79 Å². The Labute approximate surface area is 241 Å². The first-order valence-electron chi connectivity index (χ1n) is 14.4. The van der Waals surface area contributed by atoms with E-state index in [2.05, 4.69) is 56.2 Å². The molecule has 4 aromatic heterocycles. The molecule has 0 aliphatic carbocycles. The Bertz CT molecular complexity index is 1890. The van der Waals surface area contributed by atoms with Gasteiger partial charge in [-0.15, -0.1) is 0 Å². The Morgan fingerprint density at radius 3 is 2.79 bits per heavy atom. The zero-order valence-corrected chi connectivity index (χ0v) is 23.7. The zero-order chi connectivity index (χ0) is 29.0. The molecule has 6 heterocycles. The predicted molar refractivity (Wildman–Crippen MR) is 160 cm³/mol. The number of halogens is 1. The maximum Gasteiger partial charge on any atom is 0.278 e. The van der Waals surface area contributed by atoms with Gasteiger partial charge in [-0.25, -0.2) is 23.7 Å². The molecule has 216 valence electrons. The number of hydrogen-bond acceptors (Lipinski definition) is 7. The van der Waals surface area contributed by atoms with E-state index in [1.54, 1.807) is 25.1 Å². The maximum atomic E-state index is 15.0. The van der Waals surface area contributed by atoms with Gasteiger partial charge in [0.25, 0.3) is 5.56 Å². The number of likely N-dealkylation sites (tertiary alicyclic amines) is 1. The van der Waals surface area contributed by atoms with Crippen molar-refractivity contribution in [3.05, 3.63) is 82.8 Å². The summed E-state index contributed by atoms with van der Waals surface area (Å²) in [6.45, 7) is 3.57. The number of pyridine rings is 1. The van der Waals surface area contributed by atoms with Gasteiger partial charge in [0.05, 0.1) is 12.2 Å². The maximum absolute atomic E-state index is 15.0. The number of fused-ring (bicyclic) bond motifs is 7. The number of rotatable bonds is 3. The van der Waals surface area contributed by atoms with Gasteiger partial charge < -0.3 is 19.9 Å². The molecule has 10 nitrogen and oxygen atoms in total. The van der Waals surface area contributed by atoms with E-state index in [-0.39, 0.29) is 11.9 Å². The molecule has 0 spiro atoms. The van der Waals surface area contributed by atoms with Crippen molar-refractivity contribution < 1.29 is 9.50 Å². The van der Waals surface area contributed by atoms with E-state index in [1.807, 2.05) is 6.07 Å². The molecule has 42 heavy (non-hydrogen) atoms. The van der Waals surface area contributed by atoms with Crippen LogP contribution in [0, 0.1) is 0 Å². The Balaban J connectivity index is 1.27. The number of aliphatic hydroxyl groups is 1. The smallest absolute Gasteiger partial charge is 0.278 e. The van der Waals surface area contributed by atoms with Crippen LogP contribution in [0.5, 0.6) is 0 Å². The number of allylic oxidation sites excluding steroid dienone is 2. The van der Waals surface area contributed by atoms with Crippen molar-refractivity contribution in [1.82, 2.24) is 33.8 Å². The Morgan fingerprint density at radius 2 is 1.95 bits per heavy atom. The highest BCUT2D eigenvalue weighted by molar-refractivity contribution is 5.85. The largest absolute Gasteiger partial charge is 0.384 e. The predicted octanol–water partition coefficient (Wildman–Crippen LogP) is 4.80. The second-order valence-electron chi connectivity index (χ2n) is 11.6. The average Bonchev–Trinajstić information content (AvgIpc) is 3.51. The lowest BCUT2D eigenvalue weighted by atomic mass is 9.95. The number of nitrogens with zero attached hydrogens (tertiary/aromatic N) is 7. The molecule has 2 aliphatic heterocycles. The first-order chi connectivity index (χ1) is 20.3. The van der Waals surface area contributed by atoms with Gasteiger partial charge in [-0.2, -0.15) is 4.98 Å². The molecule has 2 aliphatic rings. The SMILES string of the molecule is CN1CCC(n2ccc3cc(Nc4ncc5c(=O)n6n(c5n4)-c4cccc(n4)[C@](C)(O)CC/C=C(/F)C6)ccc32)CC1. The van der Waals surface area contributed by atoms with Crippen LogP contribution in [0.3, 0.4) is 0 Å². The zero-order valence-electron chi connectivity index (χ0n) is 23.7. The fraction of sp³-hybridized carbons (Fsp3) is 0.355. The summed E-state index contributed by atoms with van der Waals surface area (Å²) < 4.78 is 20.1. The summed E-state index contributed by atoms with van der Waals surface area (Å²) in [6, 6.07) is 14.0. The first-order valence-corrected chi connectivity index (χ1v) is 14.4. The van der Waals surface area contributed by atoms with Crippen LogP contribution in [0.2, 0.25) is 0 Å².